The fourth-order valence-corrected chi connectivity index (χ4v) is 9.42. The molecule has 0 saturated heterocycles. The topological polar surface area (TPSA) is 292 Å². The quantitative estimate of drug-likeness (QED) is 0.0176. The Balaban J connectivity index is 1.26. The van der Waals surface area contributed by atoms with Crippen LogP contribution in [0.5, 0.6) is 0 Å². The molecule has 0 bridgehead atoms. The van der Waals surface area contributed by atoms with Gasteiger partial charge in [-0.1, -0.05) is 37.2 Å². The van der Waals surface area contributed by atoms with Gasteiger partial charge >= 0.3 is 0 Å². The zero-order chi connectivity index (χ0) is 47.8. The highest BCUT2D eigenvalue weighted by molar-refractivity contribution is 7.86. The Morgan fingerprint density at radius 1 is 0.877 bits per heavy atom. The first-order valence-electron chi connectivity index (χ1n) is 20.6. The van der Waals surface area contributed by atoms with E-state index in [1.165, 1.54) is 30.5 Å². The number of benzene rings is 2. The third kappa shape index (κ3) is 13.0. The van der Waals surface area contributed by atoms with Crippen LogP contribution in [0.25, 0.3) is 10.4 Å². The molecular weight excluding hydrogens is 901 g/mol. The number of nitrogens with one attached hydrogen (secondary N) is 2. The van der Waals surface area contributed by atoms with Gasteiger partial charge in [-0.25, -0.2) is 8.42 Å². The second-order valence-electron chi connectivity index (χ2n) is 16.5. The molecule has 4 N–H and O–H groups in total. The van der Waals surface area contributed by atoms with Gasteiger partial charge in [0.2, 0.25) is 17.5 Å². The number of amides is 2. The van der Waals surface area contributed by atoms with Crippen molar-refractivity contribution in [1.29, 1.82) is 0 Å². The normalized spacial score (nSPS) is 16.2. The van der Waals surface area contributed by atoms with Crippen molar-refractivity contribution in [3.63, 3.8) is 0 Å². The molecule has 0 unspecified atom stereocenters. The molecule has 5 rings (SSSR count). The van der Waals surface area contributed by atoms with Crippen LogP contribution in [0.2, 0.25) is 0 Å². The monoisotopic (exact) mass is 952 g/mol. The van der Waals surface area contributed by atoms with Crippen LogP contribution in [0.15, 0.2) is 106 Å². The highest BCUT2D eigenvalue weighted by atomic mass is 32.2. The summed E-state index contributed by atoms with van der Waals surface area (Å²) in [5, 5.41) is 8.90. The summed E-state index contributed by atoms with van der Waals surface area (Å²) < 4.78 is 104. The van der Waals surface area contributed by atoms with Crippen molar-refractivity contribution in [2.45, 2.75) is 93.4 Å². The second-order valence-corrected chi connectivity index (χ2v) is 20.9. The number of anilines is 2. The lowest BCUT2D eigenvalue weighted by Gasteiger charge is -2.27. The minimum Gasteiger partial charge on any atom is -0.744 e. The van der Waals surface area contributed by atoms with Gasteiger partial charge in [-0.3, -0.25) is 23.7 Å². The van der Waals surface area contributed by atoms with Crippen molar-refractivity contribution < 1.29 is 53.1 Å². The molecule has 3 aromatic rings. The molecule has 2 amide bonds. The van der Waals surface area contributed by atoms with E-state index in [4.69, 9.17) is 5.53 Å². The van der Waals surface area contributed by atoms with Gasteiger partial charge in [0, 0.05) is 77.5 Å². The summed E-state index contributed by atoms with van der Waals surface area (Å²) in [6.07, 6.45) is 12.8. The van der Waals surface area contributed by atoms with E-state index in [1.54, 1.807) is 42.5 Å². The lowest BCUT2D eigenvalue weighted by Crippen LogP contribution is -2.28. The lowest BCUT2D eigenvalue weighted by atomic mass is 9.81. The zero-order valence-electron chi connectivity index (χ0n) is 36.3. The molecule has 0 spiro atoms. The highest BCUT2D eigenvalue weighted by Crippen LogP contribution is 2.48. The van der Waals surface area contributed by atoms with Crippen molar-refractivity contribution in [3.8, 4) is 0 Å². The predicted octanol–water partition coefficient (Wildman–Crippen LogP) is 6.20. The first-order valence-corrected chi connectivity index (χ1v) is 25.1. The molecule has 0 aliphatic carbocycles. The Morgan fingerprint density at radius 2 is 1.60 bits per heavy atom. The SMILES string of the molecule is CC1(C)C(/C=C/C=C/C=C2/N(CCCS(=O)(=O)O)c3ccc(S(=O)(=O)O)cc3C2(C)C)=[N+](CCCCCC(=O)NCCC(=O)Nc2ccc(CN=[N+]=[N-])nc2)c2ccc(S(=O)(=O)[O-])cc21. The zero-order valence-corrected chi connectivity index (χ0v) is 38.8. The van der Waals surface area contributed by atoms with E-state index < -0.39 is 46.9 Å². The number of carbonyl (C=O) groups is 2. The molecule has 0 saturated carbocycles. The lowest BCUT2D eigenvalue weighted by molar-refractivity contribution is -0.438. The van der Waals surface area contributed by atoms with Gasteiger partial charge in [0.25, 0.3) is 20.2 Å². The van der Waals surface area contributed by atoms with Crippen LogP contribution >= 0.6 is 0 Å². The summed E-state index contributed by atoms with van der Waals surface area (Å²) in [6, 6.07) is 11.8. The average molecular weight is 953 g/mol. The van der Waals surface area contributed by atoms with E-state index in [1.807, 2.05) is 44.7 Å². The van der Waals surface area contributed by atoms with Crippen LogP contribution in [-0.4, -0.2) is 91.4 Å². The number of allylic oxidation sites excluding steroid dienone is 6. The Bertz CT molecular complexity index is 2830. The van der Waals surface area contributed by atoms with E-state index in [0.29, 0.717) is 59.7 Å². The van der Waals surface area contributed by atoms with Crippen molar-refractivity contribution in [2.24, 2.45) is 5.11 Å². The van der Waals surface area contributed by atoms with Gasteiger partial charge in [-0.2, -0.15) is 21.4 Å². The molecule has 3 heterocycles. The molecule has 19 nitrogen and oxygen atoms in total. The van der Waals surface area contributed by atoms with Crippen LogP contribution < -0.4 is 15.5 Å². The van der Waals surface area contributed by atoms with Crippen molar-refractivity contribution in [2.75, 3.05) is 35.6 Å². The van der Waals surface area contributed by atoms with E-state index >= 15 is 0 Å². The maximum absolute atomic E-state index is 12.6. The number of rotatable bonds is 21. The van der Waals surface area contributed by atoms with Crippen molar-refractivity contribution in [3.05, 3.63) is 118 Å². The largest absolute Gasteiger partial charge is 0.744 e. The summed E-state index contributed by atoms with van der Waals surface area (Å²) >= 11 is 0. The standard InChI is InChI=1S/C43H52N8O11S3/c1-42(2)34-26-32(64(57,58)59)17-19-36(34)50(23-10-6-9-14-40(52)45-22-21-41(53)48-31-16-15-30(46-28-31)29-47-49-44)38(42)12-7-5-8-13-39-43(3,4)35-27-33(65(60,61)62)18-20-37(35)51(39)24-11-25-63(54,55)56/h5,7-8,12-13,15-20,26-28H,6,9-11,14,21-25,29H2,1-4H3,(H4-,45,48,52,53,54,55,56,57,58,59,60,61,62). The Morgan fingerprint density at radius 3 is 2.26 bits per heavy atom. The molecule has 1 aromatic heterocycles. The summed E-state index contributed by atoms with van der Waals surface area (Å²) in [7, 11) is -13.5. The summed E-state index contributed by atoms with van der Waals surface area (Å²) in [5.74, 6) is -0.994. The number of pyridine rings is 1. The molecular formula is C43H52N8O11S3. The third-order valence-corrected chi connectivity index (χ3v) is 13.7. The first kappa shape index (κ1) is 50.3. The first-order chi connectivity index (χ1) is 30.4. The number of aromatic nitrogens is 1. The molecule has 65 heavy (non-hydrogen) atoms. The van der Waals surface area contributed by atoms with Crippen LogP contribution in [0.3, 0.4) is 0 Å². The molecule has 2 aliphatic rings. The smallest absolute Gasteiger partial charge is 0.294 e. The fraction of sp³-hybridized carbons (Fsp3) is 0.395. The molecule has 2 aromatic carbocycles. The Kier molecular flexibility index (Phi) is 15.9. The number of carbonyl (C=O) groups excluding carboxylic acids is 2. The van der Waals surface area contributed by atoms with Crippen molar-refractivity contribution in [1.82, 2.24) is 10.3 Å². The third-order valence-electron chi connectivity index (χ3n) is 11.2. The van der Waals surface area contributed by atoms with Crippen LogP contribution in [0.1, 0.15) is 83.0 Å². The predicted molar refractivity (Wildman–Crippen MR) is 243 cm³/mol. The maximum atomic E-state index is 12.6. The molecule has 0 radical (unpaired) electrons. The minimum absolute atomic E-state index is 0.0509. The number of unbranched alkanes of at least 4 members (excludes halogenated alkanes) is 2. The molecule has 2 aliphatic heterocycles. The van der Waals surface area contributed by atoms with Gasteiger partial charge in [-0.15, -0.1) is 0 Å². The number of fused-ring (bicyclic) bond motifs is 2. The molecule has 348 valence electrons. The van der Waals surface area contributed by atoms with E-state index in [-0.39, 0.29) is 60.5 Å². The number of azide groups is 1. The van der Waals surface area contributed by atoms with Gasteiger partial charge < -0.3 is 20.1 Å². The van der Waals surface area contributed by atoms with Crippen molar-refractivity contribution >= 4 is 64.9 Å². The van der Waals surface area contributed by atoms with E-state index in [9.17, 15) is 48.5 Å². The van der Waals surface area contributed by atoms with Gasteiger partial charge in [0.15, 0.2) is 5.71 Å². The Labute approximate surface area is 378 Å². The molecule has 0 atom stereocenters. The van der Waals surface area contributed by atoms with Gasteiger partial charge in [0.1, 0.15) is 16.7 Å². The summed E-state index contributed by atoms with van der Waals surface area (Å²) in [5.41, 5.74) is 12.1. The van der Waals surface area contributed by atoms with Gasteiger partial charge in [0.05, 0.1) is 39.4 Å². The molecule has 0 fully saturated rings. The number of nitrogens with zero attached hydrogens (tertiary/aromatic N) is 6. The van der Waals surface area contributed by atoms with Crippen LogP contribution in [0.4, 0.5) is 17.1 Å². The number of hydrogen-bond acceptors (Lipinski definition) is 12. The Hall–Kier alpha value is -5.74. The van der Waals surface area contributed by atoms with Crippen LogP contribution in [-0.2, 0) is 57.3 Å². The van der Waals surface area contributed by atoms with E-state index in [0.717, 1.165) is 11.4 Å². The van der Waals surface area contributed by atoms with E-state index in [2.05, 4.69) is 30.2 Å². The maximum Gasteiger partial charge on any atom is 0.294 e. The number of hydrogen-bond donors (Lipinski definition) is 4. The summed E-state index contributed by atoms with van der Waals surface area (Å²) in [6.45, 7) is 8.51. The highest BCUT2D eigenvalue weighted by Gasteiger charge is 2.45. The van der Waals surface area contributed by atoms with Crippen LogP contribution in [0, 0.1) is 0 Å². The van der Waals surface area contributed by atoms with Gasteiger partial charge in [-0.05, 0) is 92.7 Å². The fourth-order valence-electron chi connectivity index (χ4n) is 7.93. The summed E-state index contributed by atoms with van der Waals surface area (Å²) in [4.78, 5) is 33.0. The minimum atomic E-state index is -4.74. The average Bonchev–Trinajstić information content (AvgIpc) is 3.56. The molecule has 22 heteroatoms. The second kappa shape index (κ2) is 20.6.